The standard InChI is InChI=1S/C17H12F2O3/c1-21-13-8-7-11-12(20)9-14(10-5-3-2-4-6-10)22-16(11)15(13)17(18)19/h2-9,17H,1H3. The lowest BCUT2D eigenvalue weighted by Crippen LogP contribution is -2.04. The van der Waals surface area contributed by atoms with Crippen LogP contribution in [-0.4, -0.2) is 7.11 Å². The van der Waals surface area contributed by atoms with Crippen molar-refractivity contribution in [3.63, 3.8) is 0 Å². The van der Waals surface area contributed by atoms with Crippen molar-refractivity contribution in [2.45, 2.75) is 6.43 Å². The van der Waals surface area contributed by atoms with Gasteiger partial charge in [-0.1, -0.05) is 30.3 Å². The number of ether oxygens (including phenoxy) is 1. The molecule has 0 spiro atoms. The number of alkyl halides is 2. The van der Waals surface area contributed by atoms with E-state index < -0.39 is 12.0 Å². The first-order valence-corrected chi connectivity index (χ1v) is 6.60. The van der Waals surface area contributed by atoms with Crippen molar-refractivity contribution in [1.82, 2.24) is 0 Å². The molecule has 0 radical (unpaired) electrons. The van der Waals surface area contributed by atoms with Crippen LogP contribution < -0.4 is 10.2 Å². The predicted molar refractivity (Wildman–Crippen MR) is 79.4 cm³/mol. The lowest BCUT2D eigenvalue weighted by atomic mass is 10.1. The average Bonchev–Trinajstić information content (AvgIpc) is 2.54. The summed E-state index contributed by atoms with van der Waals surface area (Å²) in [5.41, 5.74) is -0.273. The second kappa shape index (κ2) is 5.60. The van der Waals surface area contributed by atoms with E-state index in [0.717, 1.165) is 0 Å². The van der Waals surface area contributed by atoms with E-state index in [-0.39, 0.29) is 27.9 Å². The monoisotopic (exact) mass is 302 g/mol. The molecule has 0 aliphatic rings. The fourth-order valence-corrected chi connectivity index (χ4v) is 2.35. The van der Waals surface area contributed by atoms with Gasteiger partial charge in [0.2, 0.25) is 0 Å². The van der Waals surface area contributed by atoms with Gasteiger partial charge in [-0.25, -0.2) is 8.78 Å². The van der Waals surface area contributed by atoms with Crippen LogP contribution in [0.2, 0.25) is 0 Å². The molecule has 22 heavy (non-hydrogen) atoms. The highest BCUT2D eigenvalue weighted by atomic mass is 19.3. The molecular weight excluding hydrogens is 290 g/mol. The summed E-state index contributed by atoms with van der Waals surface area (Å²) < 4.78 is 37.3. The molecule has 1 aromatic heterocycles. The van der Waals surface area contributed by atoms with Gasteiger partial charge in [0.25, 0.3) is 6.43 Å². The molecular formula is C17H12F2O3. The van der Waals surface area contributed by atoms with E-state index in [9.17, 15) is 13.6 Å². The SMILES string of the molecule is COc1ccc2c(=O)cc(-c3ccccc3)oc2c1C(F)F. The third-order valence-corrected chi connectivity index (χ3v) is 3.39. The molecule has 0 unspecified atom stereocenters. The number of hydrogen-bond acceptors (Lipinski definition) is 3. The van der Waals surface area contributed by atoms with Crippen LogP contribution in [0.3, 0.4) is 0 Å². The molecule has 3 aromatic rings. The van der Waals surface area contributed by atoms with Gasteiger partial charge < -0.3 is 9.15 Å². The van der Waals surface area contributed by atoms with E-state index in [1.54, 1.807) is 24.3 Å². The maximum atomic E-state index is 13.4. The van der Waals surface area contributed by atoms with Gasteiger partial charge in [-0.05, 0) is 12.1 Å². The highest BCUT2D eigenvalue weighted by Crippen LogP contribution is 2.36. The number of methoxy groups -OCH3 is 1. The minimum Gasteiger partial charge on any atom is -0.496 e. The maximum Gasteiger partial charge on any atom is 0.271 e. The Labute approximate surface area is 124 Å². The van der Waals surface area contributed by atoms with Crippen LogP contribution in [-0.2, 0) is 0 Å². The molecule has 0 bridgehead atoms. The second-order valence-corrected chi connectivity index (χ2v) is 4.70. The summed E-state index contributed by atoms with van der Waals surface area (Å²) in [6, 6.07) is 12.9. The van der Waals surface area contributed by atoms with Gasteiger partial charge in [0.15, 0.2) is 11.0 Å². The Morgan fingerprint density at radius 2 is 1.82 bits per heavy atom. The molecule has 0 saturated heterocycles. The number of hydrogen-bond donors (Lipinski definition) is 0. The third kappa shape index (κ3) is 2.35. The summed E-state index contributed by atoms with van der Waals surface area (Å²) in [5.74, 6) is 0.240. The Hall–Kier alpha value is -2.69. The van der Waals surface area contributed by atoms with Gasteiger partial charge in [-0.3, -0.25) is 4.79 Å². The molecule has 3 nitrogen and oxygen atoms in total. The van der Waals surface area contributed by atoms with Gasteiger partial charge in [0, 0.05) is 11.6 Å². The largest absolute Gasteiger partial charge is 0.496 e. The Balaban J connectivity index is 2.36. The molecule has 0 aliphatic carbocycles. The van der Waals surface area contributed by atoms with Gasteiger partial charge in [0.1, 0.15) is 17.1 Å². The van der Waals surface area contributed by atoms with E-state index >= 15 is 0 Å². The van der Waals surface area contributed by atoms with Gasteiger partial charge in [0.05, 0.1) is 12.5 Å². The Morgan fingerprint density at radius 1 is 1.09 bits per heavy atom. The predicted octanol–water partition coefficient (Wildman–Crippen LogP) is 4.41. The van der Waals surface area contributed by atoms with Crippen LogP contribution in [0.4, 0.5) is 8.78 Å². The minimum atomic E-state index is -2.81. The highest BCUT2D eigenvalue weighted by molar-refractivity contribution is 5.84. The summed E-state index contributed by atoms with van der Waals surface area (Å²) in [7, 11) is 1.30. The molecule has 0 saturated carbocycles. The molecule has 0 aliphatic heterocycles. The van der Waals surface area contributed by atoms with E-state index in [0.29, 0.717) is 5.56 Å². The zero-order valence-corrected chi connectivity index (χ0v) is 11.7. The van der Waals surface area contributed by atoms with Gasteiger partial charge in [-0.2, -0.15) is 0 Å². The van der Waals surface area contributed by atoms with Crippen LogP contribution in [0, 0.1) is 0 Å². The summed E-state index contributed by atoms with van der Waals surface area (Å²) in [6.45, 7) is 0. The first-order chi connectivity index (χ1) is 10.6. The van der Waals surface area contributed by atoms with Crippen LogP contribution in [0.25, 0.3) is 22.3 Å². The number of rotatable bonds is 3. The topological polar surface area (TPSA) is 39.4 Å². The van der Waals surface area contributed by atoms with E-state index in [1.807, 2.05) is 6.07 Å². The quantitative estimate of drug-likeness (QED) is 0.719. The fourth-order valence-electron chi connectivity index (χ4n) is 2.35. The molecule has 1 heterocycles. The number of fused-ring (bicyclic) bond motifs is 1. The zero-order valence-electron chi connectivity index (χ0n) is 11.7. The van der Waals surface area contributed by atoms with Crippen molar-refractivity contribution in [1.29, 1.82) is 0 Å². The van der Waals surface area contributed by atoms with Crippen LogP contribution in [0.15, 0.2) is 57.7 Å². The van der Waals surface area contributed by atoms with Crippen molar-refractivity contribution in [2.75, 3.05) is 7.11 Å². The molecule has 3 rings (SSSR count). The summed E-state index contributed by atoms with van der Waals surface area (Å²) in [6.07, 6.45) is -2.81. The average molecular weight is 302 g/mol. The number of halogens is 2. The van der Waals surface area contributed by atoms with E-state index in [1.165, 1.54) is 25.3 Å². The molecule has 112 valence electrons. The normalized spacial score (nSPS) is 11.1. The zero-order chi connectivity index (χ0) is 15.7. The lowest BCUT2D eigenvalue weighted by Gasteiger charge is -2.11. The van der Waals surface area contributed by atoms with Gasteiger partial charge in [-0.15, -0.1) is 0 Å². The maximum absolute atomic E-state index is 13.4. The molecule has 0 atom stereocenters. The van der Waals surface area contributed by atoms with Crippen LogP contribution in [0.1, 0.15) is 12.0 Å². The highest BCUT2D eigenvalue weighted by Gasteiger charge is 2.21. The summed E-state index contributed by atoms with van der Waals surface area (Å²) in [4.78, 5) is 12.2. The molecule has 0 amide bonds. The Kier molecular flexibility index (Phi) is 3.63. The first kappa shape index (κ1) is 14.3. The fraction of sp³-hybridized carbons (Fsp3) is 0.118. The third-order valence-electron chi connectivity index (χ3n) is 3.39. The molecule has 5 heteroatoms. The molecule has 0 N–H and O–H groups in total. The molecule has 2 aromatic carbocycles. The Bertz CT molecular complexity index is 870. The Morgan fingerprint density at radius 3 is 2.45 bits per heavy atom. The van der Waals surface area contributed by atoms with Gasteiger partial charge >= 0.3 is 0 Å². The van der Waals surface area contributed by atoms with Crippen molar-refractivity contribution in [3.8, 4) is 17.1 Å². The first-order valence-electron chi connectivity index (χ1n) is 6.60. The van der Waals surface area contributed by atoms with Crippen LogP contribution in [0.5, 0.6) is 5.75 Å². The smallest absolute Gasteiger partial charge is 0.271 e. The summed E-state index contributed by atoms with van der Waals surface area (Å²) in [5, 5.41) is 0.107. The van der Waals surface area contributed by atoms with Crippen molar-refractivity contribution >= 4 is 11.0 Å². The minimum absolute atomic E-state index is 0.00383. The lowest BCUT2D eigenvalue weighted by molar-refractivity contribution is 0.147. The molecule has 0 fully saturated rings. The van der Waals surface area contributed by atoms with Crippen molar-refractivity contribution < 1.29 is 17.9 Å². The summed E-state index contributed by atoms with van der Waals surface area (Å²) >= 11 is 0. The van der Waals surface area contributed by atoms with Crippen LogP contribution >= 0.6 is 0 Å². The van der Waals surface area contributed by atoms with Crippen molar-refractivity contribution in [2.24, 2.45) is 0 Å². The van der Waals surface area contributed by atoms with E-state index in [2.05, 4.69) is 0 Å². The second-order valence-electron chi connectivity index (χ2n) is 4.70. The van der Waals surface area contributed by atoms with E-state index in [4.69, 9.17) is 9.15 Å². The number of benzene rings is 2. The van der Waals surface area contributed by atoms with Crippen molar-refractivity contribution in [3.05, 3.63) is 64.3 Å².